The minimum atomic E-state index is -4.41. The van der Waals surface area contributed by atoms with E-state index in [-0.39, 0.29) is 32.6 Å². The maximum Gasteiger partial charge on any atom is 0.472 e. The molecule has 3 N–H and O–H groups in total. The van der Waals surface area contributed by atoms with Crippen molar-refractivity contribution in [2.24, 2.45) is 5.73 Å². The minimum absolute atomic E-state index is 0.0407. The zero-order valence-corrected chi connectivity index (χ0v) is 47.2. The number of nitrogens with two attached hydrogens (primary N) is 1. The van der Waals surface area contributed by atoms with Crippen LogP contribution in [0.25, 0.3) is 0 Å². The van der Waals surface area contributed by atoms with Gasteiger partial charge in [0.2, 0.25) is 0 Å². The van der Waals surface area contributed by atoms with Gasteiger partial charge in [0.15, 0.2) is 6.10 Å². The number of esters is 2. The molecule has 0 aromatic heterocycles. The summed E-state index contributed by atoms with van der Waals surface area (Å²) in [7, 11) is -4.41. The van der Waals surface area contributed by atoms with Crippen LogP contribution in [0.3, 0.4) is 0 Å². The fraction of sp³-hybridized carbons (Fsp3) is 0.651. The van der Waals surface area contributed by atoms with Crippen LogP contribution >= 0.6 is 7.82 Å². The van der Waals surface area contributed by atoms with Crippen LogP contribution < -0.4 is 5.73 Å². The van der Waals surface area contributed by atoms with E-state index in [0.717, 1.165) is 96.3 Å². The van der Waals surface area contributed by atoms with E-state index >= 15 is 0 Å². The Hall–Kier alpha value is -3.59. The van der Waals surface area contributed by atoms with Gasteiger partial charge in [-0.05, 0) is 103 Å². The predicted octanol–water partition coefficient (Wildman–Crippen LogP) is 18.4. The lowest BCUT2D eigenvalue weighted by atomic mass is 10.0. The van der Waals surface area contributed by atoms with Crippen molar-refractivity contribution >= 4 is 19.8 Å². The van der Waals surface area contributed by atoms with Crippen LogP contribution in [0.2, 0.25) is 0 Å². The molecule has 2 atom stereocenters. The Morgan fingerprint density at radius 3 is 1.08 bits per heavy atom. The third-order valence-electron chi connectivity index (χ3n) is 11.8. The van der Waals surface area contributed by atoms with Gasteiger partial charge in [0.25, 0.3) is 0 Å². The van der Waals surface area contributed by atoms with Gasteiger partial charge >= 0.3 is 19.8 Å². The second kappa shape index (κ2) is 57.7. The largest absolute Gasteiger partial charge is 0.472 e. The van der Waals surface area contributed by atoms with Crippen molar-refractivity contribution in [1.82, 2.24) is 0 Å². The van der Waals surface area contributed by atoms with Crippen LogP contribution in [0.15, 0.2) is 122 Å². The molecule has 0 heterocycles. The summed E-state index contributed by atoms with van der Waals surface area (Å²) in [6.45, 7) is 3.46. The summed E-state index contributed by atoms with van der Waals surface area (Å²) in [6, 6.07) is 0. The Morgan fingerprint density at radius 2 is 0.712 bits per heavy atom. The van der Waals surface area contributed by atoms with Gasteiger partial charge in [-0.3, -0.25) is 18.6 Å². The lowest BCUT2D eigenvalue weighted by Gasteiger charge is -2.19. The molecule has 0 radical (unpaired) electrons. The molecule has 0 saturated heterocycles. The number of phosphoric ester groups is 1. The number of phosphoric acid groups is 1. The summed E-state index contributed by atoms with van der Waals surface area (Å²) in [5.41, 5.74) is 5.38. The van der Waals surface area contributed by atoms with Gasteiger partial charge in [0, 0.05) is 19.4 Å². The van der Waals surface area contributed by atoms with E-state index in [1.807, 2.05) is 0 Å². The number of hydrogen-bond donors (Lipinski definition) is 2. The first-order chi connectivity index (χ1) is 35.8. The first-order valence-corrected chi connectivity index (χ1v) is 30.5. The zero-order valence-electron chi connectivity index (χ0n) is 46.3. The fourth-order valence-corrected chi connectivity index (χ4v) is 8.40. The quantitative estimate of drug-likeness (QED) is 0.0264. The molecule has 0 aliphatic carbocycles. The average molecular weight is 1040 g/mol. The Balaban J connectivity index is 4.00. The Labute approximate surface area is 447 Å². The number of rotatable bonds is 53. The van der Waals surface area contributed by atoms with E-state index in [4.69, 9.17) is 24.3 Å². The van der Waals surface area contributed by atoms with Crippen LogP contribution in [0, 0.1) is 0 Å². The van der Waals surface area contributed by atoms with Crippen molar-refractivity contribution < 1.29 is 37.6 Å². The highest BCUT2D eigenvalue weighted by Crippen LogP contribution is 2.43. The molecule has 9 nitrogen and oxygen atoms in total. The summed E-state index contributed by atoms with van der Waals surface area (Å²) in [5.74, 6) is -0.881. The van der Waals surface area contributed by atoms with E-state index in [1.54, 1.807) is 0 Å². The summed E-state index contributed by atoms with van der Waals surface area (Å²) in [4.78, 5) is 35.2. The highest BCUT2D eigenvalue weighted by Gasteiger charge is 2.26. The van der Waals surface area contributed by atoms with E-state index in [0.29, 0.717) is 6.42 Å². The maximum atomic E-state index is 12.7. The third-order valence-corrected chi connectivity index (χ3v) is 12.8. The molecule has 0 aliphatic heterocycles. The van der Waals surface area contributed by atoms with Gasteiger partial charge in [0.1, 0.15) is 6.61 Å². The molecule has 0 amide bonds. The monoisotopic (exact) mass is 1040 g/mol. The van der Waals surface area contributed by atoms with Crippen LogP contribution in [0.4, 0.5) is 0 Å². The Morgan fingerprint density at radius 1 is 0.411 bits per heavy atom. The number of allylic oxidation sites excluding steroid dienone is 20. The SMILES string of the molecule is CC/C=C\C/C=C\C/C=C\C/C=C\C/C=C\C/C=C\CCCCC(=O)OC(COC(=O)CCCCCCCCCCCCCCCCCCCC/C=C\C/C=C\C/C=C\C/C=C\CC)COP(=O)(O)OCCN. The third kappa shape index (κ3) is 57.5. The van der Waals surface area contributed by atoms with Gasteiger partial charge < -0.3 is 20.1 Å². The first-order valence-electron chi connectivity index (χ1n) is 29.0. The number of carbonyl (C=O) groups is 2. The standard InChI is InChI=1S/C63H106NO8P/c1-3-5-7-9-11-13-15-17-19-21-23-25-26-27-28-29-30-31-32-33-34-36-37-39-41-43-45-47-49-51-53-55-62(65)69-59-61(60-71-73(67,68)70-58-57-64)72-63(66)56-54-52-50-48-46-44-42-40-38-35-24-22-20-18-16-14-12-10-8-6-4-2/h5-8,11-14,17-20,23-25,35,40,42,46,48,61H,3-4,9-10,15-16,21-22,26-34,36-39,41,43-45,47,49-60,64H2,1-2H3,(H,67,68)/b7-5-,8-6-,13-11-,14-12-,19-17-,20-18-,25-23-,35-24-,42-40-,48-46-. The smallest absolute Gasteiger partial charge is 0.462 e. The van der Waals surface area contributed by atoms with Gasteiger partial charge in [-0.25, -0.2) is 4.57 Å². The van der Waals surface area contributed by atoms with Crippen LogP contribution in [0.1, 0.15) is 232 Å². The summed E-state index contributed by atoms with van der Waals surface area (Å²) in [6.07, 6.45) is 79.8. The highest BCUT2D eigenvalue weighted by molar-refractivity contribution is 7.47. The maximum absolute atomic E-state index is 12.7. The number of unbranched alkanes of at least 4 members (excludes halogenated alkanes) is 20. The molecule has 416 valence electrons. The average Bonchev–Trinajstić information content (AvgIpc) is 3.38. The fourth-order valence-electron chi connectivity index (χ4n) is 7.63. The molecular weight excluding hydrogens is 930 g/mol. The van der Waals surface area contributed by atoms with Crippen molar-refractivity contribution in [1.29, 1.82) is 0 Å². The molecule has 0 aromatic carbocycles. The van der Waals surface area contributed by atoms with Gasteiger partial charge in [-0.2, -0.15) is 0 Å². The van der Waals surface area contributed by atoms with E-state index in [9.17, 15) is 19.0 Å². The molecule has 10 heteroatoms. The molecule has 0 fully saturated rings. The van der Waals surface area contributed by atoms with Crippen molar-refractivity contribution in [2.75, 3.05) is 26.4 Å². The summed E-state index contributed by atoms with van der Waals surface area (Å²) < 4.78 is 33.0. The Kier molecular flexibility index (Phi) is 54.8. The minimum Gasteiger partial charge on any atom is -0.462 e. The molecule has 73 heavy (non-hydrogen) atoms. The second-order valence-corrected chi connectivity index (χ2v) is 20.2. The lowest BCUT2D eigenvalue weighted by molar-refractivity contribution is -0.161. The number of ether oxygens (including phenoxy) is 2. The topological polar surface area (TPSA) is 134 Å². The normalized spacial score (nSPS) is 14.0. The summed E-state index contributed by atoms with van der Waals surface area (Å²) >= 11 is 0. The van der Waals surface area contributed by atoms with E-state index < -0.39 is 32.5 Å². The molecule has 0 aliphatic rings. The Bertz CT molecular complexity index is 1600. The molecule has 0 rings (SSSR count). The molecule has 2 unspecified atom stereocenters. The number of hydrogen-bond acceptors (Lipinski definition) is 8. The summed E-state index contributed by atoms with van der Waals surface area (Å²) in [5, 5.41) is 0. The molecule has 0 spiro atoms. The highest BCUT2D eigenvalue weighted by atomic mass is 31.2. The molecular formula is C63H106NO8P. The van der Waals surface area contributed by atoms with Crippen LogP contribution in [-0.2, 0) is 32.7 Å². The zero-order chi connectivity index (χ0) is 53.1. The van der Waals surface area contributed by atoms with Crippen LogP contribution in [0.5, 0.6) is 0 Å². The predicted molar refractivity (Wildman–Crippen MR) is 311 cm³/mol. The molecule has 0 saturated carbocycles. The second-order valence-electron chi connectivity index (χ2n) is 18.7. The van der Waals surface area contributed by atoms with Crippen molar-refractivity contribution in [3.05, 3.63) is 122 Å². The van der Waals surface area contributed by atoms with Crippen LogP contribution in [-0.4, -0.2) is 49.3 Å². The van der Waals surface area contributed by atoms with Gasteiger partial charge in [-0.15, -0.1) is 0 Å². The van der Waals surface area contributed by atoms with E-state index in [1.165, 1.54) is 103 Å². The first kappa shape index (κ1) is 69.4. The van der Waals surface area contributed by atoms with Crippen molar-refractivity contribution in [3.8, 4) is 0 Å². The number of carbonyl (C=O) groups excluding carboxylic acids is 2. The van der Waals surface area contributed by atoms with Crippen molar-refractivity contribution in [3.63, 3.8) is 0 Å². The van der Waals surface area contributed by atoms with Gasteiger partial charge in [-0.1, -0.05) is 238 Å². The molecule has 0 bridgehead atoms. The molecule has 0 aromatic rings. The lowest BCUT2D eigenvalue weighted by Crippen LogP contribution is -2.29. The van der Waals surface area contributed by atoms with Gasteiger partial charge in [0.05, 0.1) is 13.2 Å². The van der Waals surface area contributed by atoms with Crippen molar-refractivity contribution in [2.45, 2.75) is 238 Å². The van der Waals surface area contributed by atoms with E-state index in [2.05, 4.69) is 135 Å².